The van der Waals surface area contributed by atoms with Gasteiger partial charge in [-0.3, -0.25) is 4.79 Å². The van der Waals surface area contributed by atoms with E-state index in [0.29, 0.717) is 12.5 Å². The molecule has 1 aliphatic heterocycles. The number of benzene rings is 1. The van der Waals surface area contributed by atoms with Gasteiger partial charge in [0, 0.05) is 19.5 Å². The predicted molar refractivity (Wildman–Crippen MR) is 78.2 cm³/mol. The molecule has 104 valence electrons. The topological polar surface area (TPSA) is 32.3 Å². The zero-order valence-corrected chi connectivity index (χ0v) is 12.0. The largest absolute Gasteiger partial charge is 0.343 e. The zero-order chi connectivity index (χ0) is 13.7. The molecule has 1 aromatic carbocycles. The molecule has 3 nitrogen and oxygen atoms in total. The van der Waals surface area contributed by atoms with E-state index < -0.39 is 0 Å². The molecule has 3 heteroatoms. The molecule has 1 aromatic rings. The number of hydrogen-bond donors (Lipinski definition) is 1. The number of aryl methyl sites for hydroxylation is 2. The van der Waals surface area contributed by atoms with Crippen LogP contribution in [0.15, 0.2) is 24.3 Å². The lowest BCUT2D eigenvalue weighted by atomic mass is 10.0. The molecule has 1 heterocycles. The molecule has 0 bridgehead atoms. The third-order valence-electron chi connectivity index (χ3n) is 4.00. The third-order valence-corrected chi connectivity index (χ3v) is 4.00. The van der Waals surface area contributed by atoms with Crippen molar-refractivity contribution in [2.24, 2.45) is 0 Å². The normalized spacial score (nSPS) is 16.3. The fourth-order valence-electron chi connectivity index (χ4n) is 2.58. The first-order valence-electron chi connectivity index (χ1n) is 7.19. The van der Waals surface area contributed by atoms with E-state index in [2.05, 4.69) is 36.5 Å². The minimum Gasteiger partial charge on any atom is -0.343 e. The Labute approximate surface area is 116 Å². The summed E-state index contributed by atoms with van der Waals surface area (Å²) in [6.07, 6.45) is 3.61. The van der Waals surface area contributed by atoms with Crippen LogP contribution in [0.5, 0.6) is 0 Å². The molecular formula is C16H24N2O. The van der Waals surface area contributed by atoms with E-state index in [1.165, 1.54) is 11.1 Å². The zero-order valence-electron chi connectivity index (χ0n) is 12.0. The molecule has 0 unspecified atom stereocenters. The molecule has 0 saturated carbocycles. The Balaban J connectivity index is 1.81. The molecule has 1 N–H and O–H groups in total. The molecular weight excluding hydrogens is 236 g/mol. The second-order valence-electron chi connectivity index (χ2n) is 5.47. The number of carbonyl (C=O) groups excluding carboxylic acids is 1. The summed E-state index contributed by atoms with van der Waals surface area (Å²) >= 11 is 0. The molecule has 1 fully saturated rings. The lowest BCUT2D eigenvalue weighted by Crippen LogP contribution is -2.44. The first kappa shape index (κ1) is 14.1. The van der Waals surface area contributed by atoms with E-state index in [1.54, 1.807) is 0 Å². The van der Waals surface area contributed by atoms with Gasteiger partial charge in [-0.15, -0.1) is 0 Å². The highest BCUT2D eigenvalue weighted by atomic mass is 16.2. The summed E-state index contributed by atoms with van der Waals surface area (Å²) in [6, 6.07) is 8.87. The van der Waals surface area contributed by atoms with Gasteiger partial charge in [0.1, 0.15) is 0 Å². The average molecular weight is 260 g/mol. The summed E-state index contributed by atoms with van der Waals surface area (Å²) in [5.74, 6) is 0.271. The van der Waals surface area contributed by atoms with Gasteiger partial charge >= 0.3 is 0 Å². The molecule has 1 aliphatic rings. The van der Waals surface area contributed by atoms with Gasteiger partial charge in [-0.1, -0.05) is 29.8 Å². The highest BCUT2D eigenvalue weighted by Crippen LogP contribution is 2.13. The van der Waals surface area contributed by atoms with E-state index in [-0.39, 0.29) is 5.91 Å². The molecule has 0 spiro atoms. The third kappa shape index (κ3) is 4.06. The van der Waals surface area contributed by atoms with Crippen molar-refractivity contribution in [1.29, 1.82) is 0 Å². The molecule has 0 aromatic heterocycles. The Bertz CT molecular complexity index is 407. The van der Waals surface area contributed by atoms with Gasteiger partial charge in [-0.25, -0.2) is 0 Å². The summed E-state index contributed by atoms with van der Waals surface area (Å²) < 4.78 is 0. The van der Waals surface area contributed by atoms with Crippen molar-refractivity contribution in [3.63, 3.8) is 0 Å². The number of nitrogens with zero attached hydrogens (tertiary/aromatic N) is 1. The number of carbonyl (C=O) groups is 1. The number of amides is 1. The van der Waals surface area contributed by atoms with Crippen LogP contribution in [-0.4, -0.2) is 37.0 Å². The molecule has 1 saturated heterocycles. The highest BCUT2D eigenvalue weighted by Gasteiger charge is 2.21. The fourth-order valence-corrected chi connectivity index (χ4v) is 2.58. The summed E-state index contributed by atoms with van der Waals surface area (Å²) in [4.78, 5) is 14.1. The van der Waals surface area contributed by atoms with Crippen LogP contribution in [0.2, 0.25) is 0 Å². The van der Waals surface area contributed by atoms with E-state index in [9.17, 15) is 4.79 Å². The van der Waals surface area contributed by atoms with Crippen LogP contribution < -0.4 is 5.32 Å². The van der Waals surface area contributed by atoms with Crippen LogP contribution in [0.25, 0.3) is 0 Å². The first-order valence-corrected chi connectivity index (χ1v) is 7.19. The molecule has 0 aliphatic carbocycles. The molecule has 2 rings (SSSR count). The molecule has 19 heavy (non-hydrogen) atoms. The van der Waals surface area contributed by atoms with Gasteiger partial charge in [0.05, 0.1) is 0 Å². The van der Waals surface area contributed by atoms with Crippen LogP contribution in [0.4, 0.5) is 0 Å². The van der Waals surface area contributed by atoms with Crippen molar-refractivity contribution in [2.75, 3.05) is 20.1 Å². The molecule has 0 atom stereocenters. The minimum absolute atomic E-state index is 0.271. The Kier molecular flexibility index (Phi) is 4.97. The second-order valence-corrected chi connectivity index (χ2v) is 5.47. The molecule has 0 radical (unpaired) electrons. The first-order chi connectivity index (χ1) is 9.16. The van der Waals surface area contributed by atoms with E-state index in [0.717, 1.165) is 32.4 Å². The maximum absolute atomic E-state index is 12.2. The summed E-state index contributed by atoms with van der Waals surface area (Å²) in [7, 11) is 1.95. The quantitative estimate of drug-likeness (QED) is 0.899. The Morgan fingerprint density at radius 2 is 1.89 bits per heavy atom. The Hall–Kier alpha value is -1.35. The summed E-state index contributed by atoms with van der Waals surface area (Å²) in [5, 5.41) is 3.33. The van der Waals surface area contributed by atoms with Crippen molar-refractivity contribution in [3.8, 4) is 0 Å². The van der Waals surface area contributed by atoms with Crippen molar-refractivity contribution in [1.82, 2.24) is 10.2 Å². The maximum Gasteiger partial charge on any atom is 0.222 e. The van der Waals surface area contributed by atoms with Gasteiger partial charge in [-0.05, 0) is 44.8 Å². The number of rotatable bonds is 4. The highest BCUT2D eigenvalue weighted by molar-refractivity contribution is 5.76. The second kappa shape index (κ2) is 6.71. The van der Waals surface area contributed by atoms with Crippen molar-refractivity contribution >= 4 is 5.91 Å². The summed E-state index contributed by atoms with van der Waals surface area (Å²) in [5.41, 5.74) is 2.51. The van der Waals surface area contributed by atoms with Gasteiger partial charge in [0.15, 0.2) is 0 Å². The van der Waals surface area contributed by atoms with E-state index in [1.807, 2.05) is 11.9 Å². The maximum atomic E-state index is 12.2. The summed E-state index contributed by atoms with van der Waals surface area (Å²) in [6.45, 7) is 4.14. The van der Waals surface area contributed by atoms with Crippen LogP contribution in [-0.2, 0) is 11.2 Å². The van der Waals surface area contributed by atoms with Gasteiger partial charge in [0.25, 0.3) is 0 Å². The number of piperidine rings is 1. The Morgan fingerprint density at radius 1 is 1.26 bits per heavy atom. The standard InChI is InChI=1S/C16H24N2O/c1-13-3-5-14(6-4-13)7-8-16(19)18(2)15-9-11-17-12-10-15/h3-6,15,17H,7-12H2,1-2H3. The van der Waals surface area contributed by atoms with Gasteiger partial charge < -0.3 is 10.2 Å². The van der Waals surface area contributed by atoms with E-state index >= 15 is 0 Å². The Morgan fingerprint density at radius 3 is 2.53 bits per heavy atom. The number of hydrogen-bond acceptors (Lipinski definition) is 2. The van der Waals surface area contributed by atoms with Crippen molar-refractivity contribution in [2.45, 2.75) is 38.6 Å². The molecule has 1 amide bonds. The lowest BCUT2D eigenvalue weighted by Gasteiger charge is -2.31. The van der Waals surface area contributed by atoms with Gasteiger partial charge in [0.2, 0.25) is 5.91 Å². The van der Waals surface area contributed by atoms with Crippen LogP contribution in [0.3, 0.4) is 0 Å². The average Bonchev–Trinajstić information content (AvgIpc) is 2.46. The van der Waals surface area contributed by atoms with Crippen molar-refractivity contribution < 1.29 is 4.79 Å². The predicted octanol–water partition coefficient (Wildman–Crippen LogP) is 2.14. The van der Waals surface area contributed by atoms with E-state index in [4.69, 9.17) is 0 Å². The van der Waals surface area contributed by atoms with Gasteiger partial charge in [-0.2, -0.15) is 0 Å². The van der Waals surface area contributed by atoms with Crippen LogP contribution >= 0.6 is 0 Å². The van der Waals surface area contributed by atoms with Crippen molar-refractivity contribution in [3.05, 3.63) is 35.4 Å². The smallest absolute Gasteiger partial charge is 0.222 e. The fraction of sp³-hybridized carbons (Fsp3) is 0.562. The van der Waals surface area contributed by atoms with Crippen LogP contribution in [0, 0.1) is 6.92 Å². The SMILES string of the molecule is Cc1ccc(CCC(=O)N(C)C2CCNCC2)cc1. The monoisotopic (exact) mass is 260 g/mol. The lowest BCUT2D eigenvalue weighted by molar-refractivity contribution is -0.132. The number of nitrogens with one attached hydrogen (secondary N) is 1. The van der Waals surface area contributed by atoms with Crippen LogP contribution in [0.1, 0.15) is 30.4 Å². The minimum atomic E-state index is 0.271.